The van der Waals surface area contributed by atoms with Crippen molar-refractivity contribution in [3.8, 4) is 0 Å². The van der Waals surface area contributed by atoms with Gasteiger partial charge in [0.15, 0.2) is 0 Å². The highest BCUT2D eigenvalue weighted by atomic mass is 15.1. The fourth-order valence-electron chi connectivity index (χ4n) is 3.00. The molecular formula is C16H29N5. The standard InChI is InChI=1S/C16H29N5/c1-5-17-15-14(12(3)4)16(20-11-19-15)18-9-13-7-8-21(6-2)10-13/h11-13H,5-10H2,1-4H3,(H2,17,18,19,20). The molecule has 1 fully saturated rings. The molecule has 0 aliphatic carbocycles. The molecule has 5 heteroatoms. The topological polar surface area (TPSA) is 53.1 Å². The average molecular weight is 291 g/mol. The SMILES string of the molecule is CCNc1ncnc(NCC2CCN(CC)C2)c1C(C)C. The van der Waals surface area contributed by atoms with Crippen molar-refractivity contribution in [1.29, 1.82) is 0 Å². The number of rotatable bonds is 7. The molecule has 0 amide bonds. The number of likely N-dealkylation sites (tertiary alicyclic amines) is 1. The lowest BCUT2D eigenvalue weighted by atomic mass is 10.0. The zero-order valence-electron chi connectivity index (χ0n) is 13.8. The van der Waals surface area contributed by atoms with E-state index < -0.39 is 0 Å². The van der Waals surface area contributed by atoms with Gasteiger partial charge in [0.2, 0.25) is 0 Å². The molecule has 1 unspecified atom stereocenters. The van der Waals surface area contributed by atoms with E-state index >= 15 is 0 Å². The molecule has 2 rings (SSSR count). The molecule has 1 aliphatic rings. The van der Waals surface area contributed by atoms with Crippen LogP contribution in [0.2, 0.25) is 0 Å². The van der Waals surface area contributed by atoms with Gasteiger partial charge in [-0.05, 0) is 38.3 Å². The maximum atomic E-state index is 4.47. The van der Waals surface area contributed by atoms with Crippen LogP contribution in [0.3, 0.4) is 0 Å². The fraction of sp³-hybridized carbons (Fsp3) is 0.750. The summed E-state index contributed by atoms with van der Waals surface area (Å²) in [4.78, 5) is 11.4. The maximum Gasteiger partial charge on any atom is 0.134 e. The van der Waals surface area contributed by atoms with Crippen molar-refractivity contribution in [2.75, 3.05) is 43.4 Å². The largest absolute Gasteiger partial charge is 0.370 e. The summed E-state index contributed by atoms with van der Waals surface area (Å²) in [6, 6.07) is 0. The minimum atomic E-state index is 0.401. The molecule has 1 aliphatic heterocycles. The van der Waals surface area contributed by atoms with Gasteiger partial charge in [0, 0.05) is 25.2 Å². The van der Waals surface area contributed by atoms with Crippen LogP contribution in [-0.4, -0.2) is 47.6 Å². The Hall–Kier alpha value is -1.36. The first-order chi connectivity index (χ1) is 10.2. The molecule has 21 heavy (non-hydrogen) atoms. The normalized spacial score (nSPS) is 19.2. The van der Waals surface area contributed by atoms with Gasteiger partial charge in [0.25, 0.3) is 0 Å². The Balaban J connectivity index is 2.04. The van der Waals surface area contributed by atoms with Crippen molar-refractivity contribution in [2.45, 2.75) is 40.0 Å². The third-order valence-electron chi connectivity index (χ3n) is 4.18. The Morgan fingerprint density at radius 3 is 2.52 bits per heavy atom. The van der Waals surface area contributed by atoms with Crippen LogP contribution in [0.25, 0.3) is 0 Å². The van der Waals surface area contributed by atoms with Gasteiger partial charge in [-0.3, -0.25) is 0 Å². The molecule has 118 valence electrons. The van der Waals surface area contributed by atoms with E-state index in [1.807, 2.05) is 0 Å². The Bertz CT molecular complexity index is 446. The molecule has 1 saturated heterocycles. The second-order valence-electron chi connectivity index (χ2n) is 6.10. The van der Waals surface area contributed by atoms with E-state index in [-0.39, 0.29) is 0 Å². The Labute approximate surface area is 128 Å². The van der Waals surface area contributed by atoms with Crippen molar-refractivity contribution in [1.82, 2.24) is 14.9 Å². The third kappa shape index (κ3) is 4.06. The summed E-state index contributed by atoms with van der Waals surface area (Å²) in [6.45, 7) is 14.2. The molecule has 1 atom stereocenters. The summed E-state index contributed by atoms with van der Waals surface area (Å²) in [7, 11) is 0. The van der Waals surface area contributed by atoms with Crippen LogP contribution in [0.4, 0.5) is 11.6 Å². The molecule has 5 nitrogen and oxygen atoms in total. The van der Waals surface area contributed by atoms with Crippen molar-refractivity contribution in [3.05, 3.63) is 11.9 Å². The van der Waals surface area contributed by atoms with Crippen LogP contribution in [-0.2, 0) is 0 Å². The van der Waals surface area contributed by atoms with Crippen LogP contribution in [0.15, 0.2) is 6.33 Å². The van der Waals surface area contributed by atoms with Gasteiger partial charge in [0.1, 0.15) is 18.0 Å². The molecule has 1 aromatic rings. The zero-order valence-corrected chi connectivity index (χ0v) is 13.8. The third-order valence-corrected chi connectivity index (χ3v) is 4.18. The molecule has 0 aromatic carbocycles. The van der Waals surface area contributed by atoms with E-state index in [1.165, 1.54) is 25.1 Å². The number of hydrogen-bond acceptors (Lipinski definition) is 5. The fourth-order valence-corrected chi connectivity index (χ4v) is 3.00. The van der Waals surface area contributed by atoms with Crippen molar-refractivity contribution in [3.63, 3.8) is 0 Å². The molecule has 0 saturated carbocycles. The lowest BCUT2D eigenvalue weighted by Gasteiger charge is -2.19. The van der Waals surface area contributed by atoms with E-state index in [9.17, 15) is 0 Å². The van der Waals surface area contributed by atoms with E-state index in [2.05, 4.69) is 53.2 Å². The second-order valence-corrected chi connectivity index (χ2v) is 6.10. The predicted octanol–water partition coefficient (Wildman–Crippen LogP) is 2.79. The highest BCUT2D eigenvalue weighted by Crippen LogP contribution is 2.28. The molecule has 2 heterocycles. The predicted molar refractivity (Wildman–Crippen MR) is 89.0 cm³/mol. The van der Waals surface area contributed by atoms with Gasteiger partial charge in [0.05, 0.1) is 0 Å². The monoisotopic (exact) mass is 291 g/mol. The van der Waals surface area contributed by atoms with Crippen LogP contribution in [0.5, 0.6) is 0 Å². The van der Waals surface area contributed by atoms with Crippen LogP contribution >= 0.6 is 0 Å². The van der Waals surface area contributed by atoms with E-state index in [0.717, 1.165) is 37.2 Å². The smallest absolute Gasteiger partial charge is 0.134 e. The quantitative estimate of drug-likeness (QED) is 0.809. The minimum Gasteiger partial charge on any atom is -0.370 e. The van der Waals surface area contributed by atoms with Gasteiger partial charge < -0.3 is 15.5 Å². The van der Waals surface area contributed by atoms with Gasteiger partial charge in [-0.1, -0.05) is 20.8 Å². The summed E-state index contributed by atoms with van der Waals surface area (Å²) >= 11 is 0. The highest BCUT2D eigenvalue weighted by molar-refractivity contribution is 5.59. The lowest BCUT2D eigenvalue weighted by molar-refractivity contribution is 0.345. The first-order valence-electron chi connectivity index (χ1n) is 8.20. The Morgan fingerprint density at radius 1 is 1.24 bits per heavy atom. The number of aromatic nitrogens is 2. The van der Waals surface area contributed by atoms with Crippen molar-refractivity contribution < 1.29 is 0 Å². The first kappa shape index (κ1) is 16.0. The second kappa shape index (κ2) is 7.59. The highest BCUT2D eigenvalue weighted by Gasteiger charge is 2.22. The van der Waals surface area contributed by atoms with Gasteiger partial charge >= 0.3 is 0 Å². The lowest BCUT2D eigenvalue weighted by Crippen LogP contribution is -2.23. The molecule has 0 bridgehead atoms. The van der Waals surface area contributed by atoms with Crippen LogP contribution < -0.4 is 10.6 Å². The Kier molecular flexibility index (Phi) is 5.79. The van der Waals surface area contributed by atoms with Gasteiger partial charge in [-0.2, -0.15) is 0 Å². The van der Waals surface area contributed by atoms with E-state index in [0.29, 0.717) is 5.92 Å². The number of nitrogens with one attached hydrogen (secondary N) is 2. The summed E-state index contributed by atoms with van der Waals surface area (Å²) in [5.74, 6) is 3.08. The summed E-state index contributed by atoms with van der Waals surface area (Å²) < 4.78 is 0. The van der Waals surface area contributed by atoms with Gasteiger partial charge in [-0.25, -0.2) is 9.97 Å². The van der Waals surface area contributed by atoms with E-state index in [4.69, 9.17) is 0 Å². The van der Waals surface area contributed by atoms with Crippen molar-refractivity contribution >= 4 is 11.6 Å². The number of anilines is 2. The average Bonchev–Trinajstić information content (AvgIpc) is 2.93. The van der Waals surface area contributed by atoms with Crippen LogP contribution in [0, 0.1) is 5.92 Å². The maximum absolute atomic E-state index is 4.47. The molecule has 2 N–H and O–H groups in total. The summed E-state index contributed by atoms with van der Waals surface area (Å²) in [6.07, 6.45) is 2.93. The Morgan fingerprint density at radius 2 is 1.95 bits per heavy atom. The van der Waals surface area contributed by atoms with Gasteiger partial charge in [-0.15, -0.1) is 0 Å². The molecule has 0 radical (unpaired) electrons. The zero-order chi connectivity index (χ0) is 15.2. The van der Waals surface area contributed by atoms with E-state index in [1.54, 1.807) is 6.33 Å². The number of hydrogen-bond donors (Lipinski definition) is 2. The van der Waals surface area contributed by atoms with Crippen LogP contribution in [0.1, 0.15) is 45.6 Å². The number of nitrogens with zero attached hydrogens (tertiary/aromatic N) is 3. The molecule has 0 spiro atoms. The minimum absolute atomic E-state index is 0.401. The first-order valence-corrected chi connectivity index (χ1v) is 8.20. The summed E-state index contributed by atoms with van der Waals surface area (Å²) in [5.41, 5.74) is 1.20. The summed E-state index contributed by atoms with van der Waals surface area (Å²) in [5, 5.41) is 6.90. The molecular weight excluding hydrogens is 262 g/mol. The van der Waals surface area contributed by atoms with Crippen molar-refractivity contribution in [2.24, 2.45) is 5.92 Å². The molecule has 1 aromatic heterocycles.